The highest BCUT2D eigenvalue weighted by molar-refractivity contribution is 7.91. The molecule has 0 aliphatic carbocycles. The number of halogens is 1. The number of benzene rings is 2. The second kappa shape index (κ2) is 16.0. The van der Waals surface area contributed by atoms with Crippen molar-refractivity contribution in [1.29, 1.82) is 5.26 Å². The van der Waals surface area contributed by atoms with Gasteiger partial charge in [-0.15, -0.1) is 11.3 Å². The number of aryl methyl sites for hydroxylation is 1. The largest absolute Gasteiger partial charge is 0.751 e. The molecule has 3 aromatic rings. The third-order valence-electron chi connectivity index (χ3n) is 5.57. The molecule has 1 aromatic heterocycles. The maximum Gasteiger partial charge on any atom is 0.751 e. The van der Waals surface area contributed by atoms with E-state index in [9.17, 15) is 17.4 Å². The zero-order valence-electron chi connectivity index (χ0n) is 23.5. The summed E-state index contributed by atoms with van der Waals surface area (Å²) in [6.07, 6.45) is 1.02. The van der Waals surface area contributed by atoms with Crippen LogP contribution in [0.1, 0.15) is 24.0 Å². The van der Waals surface area contributed by atoms with Gasteiger partial charge in [-0.05, 0) is 30.7 Å². The zero-order valence-corrected chi connectivity index (χ0v) is 26.0. The van der Waals surface area contributed by atoms with Crippen molar-refractivity contribution in [3.63, 3.8) is 0 Å². The maximum atomic E-state index is 13.7. The minimum Gasteiger partial charge on any atom is -0.490 e. The second-order valence-corrected chi connectivity index (χ2v) is 12.7. The quantitative estimate of drug-likeness (QED) is 0.0456. The number of hydrogen-bond donors (Lipinski definition) is 5. The van der Waals surface area contributed by atoms with Gasteiger partial charge in [0.25, 0.3) is 10.0 Å². The van der Waals surface area contributed by atoms with Crippen LogP contribution in [-0.2, 0) is 19.1 Å². The topological polar surface area (TPSA) is 253 Å². The summed E-state index contributed by atoms with van der Waals surface area (Å²) in [4.78, 5) is 7.83. The molecule has 0 aliphatic rings. The van der Waals surface area contributed by atoms with Gasteiger partial charge in [0.1, 0.15) is 16.1 Å². The normalized spacial score (nSPS) is 11.4. The molecule has 0 aliphatic heterocycles. The lowest BCUT2D eigenvalue weighted by atomic mass is 10.2. The third kappa shape index (κ3) is 9.89. The van der Waals surface area contributed by atoms with E-state index in [4.69, 9.17) is 46.7 Å². The summed E-state index contributed by atoms with van der Waals surface area (Å²) < 4.78 is 76.7. The Morgan fingerprint density at radius 3 is 2.23 bits per heavy atom. The van der Waals surface area contributed by atoms with E-state index >= 15 is 0 Å². The predicted molar refractivity (Wildman–Crippen MR) is 164 cm³/mol. The molecule has 9 N–H and O–H groups in total. The van der Waals surface area contributed by atoms with Gasteiger partial charge in [0, 0.05) is 52.7 Å². The number of aliphatic imine (C=N–C) groups is 2. The number of hydrogen-bond acceptors (Lipinski definition) is 11. The summed E-state index contributed by atoms with van der Waals surface area (Å²) in [6.45, 7) is 2.17. The highest BCUT2D eigenvalue weighted by atomic mass is 32.2. The fraction of sp³-hybridized carbons (Fsp3) is 0.320. The number of nitrogens with two attached hydrogens (primary N) is 4. The maximum absolute atomic E-state index is 13.7. The fourth-order valence-corrected chi connectivity index (χ4v) is 6.86. The number of nitrogens with one attached hydrogen (secondary N) is 1. The lowest BCUT2D eigenvalue weighted by Crippen LogP contribution is -2.25. The van der Waals surface area contributed by atoms with Crippen LogP contribution in [0.25, 0.3) is 10.1 Å². The molecule has 19 heteroatoms. The lowest BCUT2D eigenvalue weighted by Gasteiger charge is -2.13. The Hall–Kier alpha value is -4.27. The molecule has 0 fully saturated rings. The second-order valence-electron chi connectivity index (χ2n) is 8.82. The number of nitriles is 1. The Morgan fingerprint density at radius 1 is 1.05 bits per heavy atom. The first-order valence-electron chi connectivity index (χ1n) is 12.8. The van der Waals surface area contributed by atoms with Crippen LogP contribution >= 0.6 is 19.6 Å². The summed E-state index contributed by atoms with van der Waals surface area (Å²) in [7, 11) is -6.99. The van der Waals surface area contributed by atoms with E-state index < -0.39 is 30.8 Å². The Balaban J connectivity index is 1.73. The first kappa shape index (κ1) is 34.2. The van der Waals surface area contributed by atoms with E-state index in [-0.39, 0.29) is 40.7 Å². The average Bonchev–Trinajstić information content (AvgIpc) is 3.28. The van der Waals surface area contributed by atoms with Crippen LogP contribution in [-0.4, -0.2) is 53.4 Å². The van der Waals surface area contributed by atoms with E-state index in [2.05, 4.69) is 14.7 Å². The summed E-state index contributed by atoms with van der Waals surface area (Å²) >= 11 is 0.989. The van der Waals surface area contributed by atoms with Crippen LogP contribution in [0.15, 0.2) is 44.5 Å². The van der Waals surface area contributed by atoms with Gasteiger partial charge >= 0.3 is 8.25 Å². The molecule has 2 aromatic carbocycles. The van der Waals surface area contributed by atoms with Gasteiger partial charge < -0.3 is 32.4 Å². The minimum absolute atomic E-state index is 0.00924. The molecule has 1 unspecified atom stereocenters. The molecular weight excluding hydrogens is 638 g/mol. The van der Waals surface area contributed by atoms with Crippen molar-refractivity contribution in [2.24, 2.45) is 32.9 Å². The molecule has 236 valence electrons. The van der Waals surface area contributed by atoms with Crippen LogP contribution in [0, 0.1) is 24.1 Å². The molecule has 15 nitrogen and oxygen atoms in total. The Morgan fingerprint density at radius 2 is 1.66 bits per heavy atom. The molecule has 0 spiro atoms. The van der Waals surface area contributed by atoms with Crippen molar-refractivity contribution in [1.82, 2.24) is 4.72 Å². The van der Waals surface area contributed by atoms with E-state index in [1.54, 1.807) is 25.1 Å². The van der Waals surface area contributed by atoms with Crippen molar-refractivity contribution >= 4 is 51.6 Å². The highest BCUT2D eigenvalue weighted by Gasteiger charge is 2.27. The highest BCUT2D eigenvalue weighted by Crippen LogP contribution is 2.41. The molecule has 0 radical (unpaired) electrons. The van der Waals surface area contributed by atoms with Gasteiger partial charge in [-0.3, -0.25) is 9.98 Å². The van der Waals surface area contributed by atoms with Crippen molar-refractivity contribution in [2.45, 2.75) is 24.0 Å². The number of nitrogens with zero attached hydrogens (tertiary/aromatic N) is 3. The Labute approximate surface area is 257 Å². The monoisotopic (exact) mass is 669 g/mol. The van der Waals surface area contributed by atoms with Gasteiger partial charge in [0.2, 0.25) is 0 Å². The minimum atomic E-state index is -4.12. The smallest absolute Gasteiger partial charge is 0.490 e. The van der Waals surface area contributed by atoms with Crippen LogP contribution in [0.4, 0.5) is 4.39 Å². The standard InChI is InChI=1S/C25H31FN8O7PS2/c1-15-18-11-20(38-8-2-6-32-24(28)29)21(39-9-3-7-33-25(30)31)12-22(18)43-23(15)44(36,37)34-14-40-42(35)41-17-5-4-16(13-27)19(26)10-17/h4-5,10-12,34H,2-3,6-9,14H2,1H3,(H4,28,29,32)(H4,30,31,33)/q+1. The van der Waals surface area contributed by atoms with Crippen molar-refractivity contribution in [3.8, 4) is 23.3 Å². The van der Waals surface area contributed by atoms with Crippen LogP contribution in [0.5, 0.6) is 17.2 Å². The Kier molecular flexibility index (Phi) is 12.4. The summed E-state index contributed by atoms with van der Waals surface area (Å²) in [5.74, 6) is -0.307. The van der Waals surface area contributed by atoms with Crippen LogP contribution < -0.4 is 41.7 Å². The van der Waals surface area contributed by atoms with E-state index in [0.717, 1.165) is 23.5 Å². The van der Waals surface area contributed by atoms with Gasteiger partial charge in [0.05, 0.1) is 18.8 Å². The molecule has 0 saturated heterocycles. The molecule has 44 heavy (non-hydrogen) atoms. The van der Waals surface area contributed by atoms with Crippen LogP contribution in [0.3, 0.4) is 0 Å². The van der Waals surface area contributed by atoms with Crippen molar-refractivity contribution in [2.75, 3.05) is 33.0 Å². The van der Waals surface area contributed by atoms with Gasteiger partial charge in [-0.1, -0.05) is 4.52 Å². The zero-order chi connectivity index (χ0) is 32.3. The molecule has 1 heterocycles. The molecule has 0 bridgehead atoms. The molecule has 3 rings (SSSR count). The number of fused-ring (bicyclic) bond motifs is 1. The van der Waals surface area contributed by atoms with E-state index in [1.807, 2.05) is 0 Å². The number of sulfonamides is 1. The first-order valence-corrected chi connectivity index (χ1v) is 16.2. The molecule has 0 saturated carbocycles. The molecule has 0 amide bonds. The van der Waals surface area contributed by atoms with Crippen molar-refractivity contribution < 1.29 is 35.9 Å². The lowest BCUT2D eigenvalue weighted by molar-refractivity contribution is 0.266. The number of thiophene rings is 1. The third-order valence-corrected chi connectivity index (χ3v) is 9.52. The number of ether oxygens (including phenoxy) is 2. The number of rotatable bonds is 17. The SMILES string of the molecule is Cc1c(S(=O)(=O)NCO[P+](=O)Oc2ccc(C#N)c(F)c2)sc2cc(OCCCN=C(N)N)c(OCCCN=C(N)N)cc12. The summed E-state index contributed by atoms with van der Waals surface area (Å²) in [6, 6.07) is 8.25. The van der Waals surface area contributed by atoms with Gasteiger partial charge in [-0.2, -0.15) is 9.98 Å². The van der Waals surface area contributed by atoms with Crippen molar-refractivity contribution in [3.05, 3.63) is 47.3 Å². The number of guanidine groups is 2. The molecule has 1 atom stereocenters. The van der Waals surface area contributed by atoms with E-state index in [1.165, 1.54) is 6.07 Å². The van der Waals surface area contributed by atoms with Gasteiger partial charge in [0.15, 0.2) is 35.9 Å². The van der Waals surface area contributed by atoms with Crippen LogP contribution in [0.2, 0.25) is 0 Å². The van der Waals surface area contributed by atoms with Gasteiger partial charge in [-0.25, -0.2) is 17.3 Å². The fourth-order valence-electron chi connectivity index (χ4n) is 3.57. The Bertz CT molecular complexity index is 1700. The summed E-state index contributed by atoms with van der Waals surface area (Å²) in [5.41, 5.74) is 21.6. The van der Waals surface area contributed by atoms with E-state index in [0.29, 0.717) is 53.1 Å². The average molecular weight is 670 g/mol. The molecular formula is C25H31FN8O7PS2+. The summed E-state index contributed by atoms with van der Waals surface area (Å²) in [5, 5.41) is 9.41. The predicted octanol–water partition coefficient (Wildman–Crippen LogP) is 2.29. The first-order chi connectivity index (χ1) is 20.9.